The van der Waals surface area contributed by atoms with Crippen molar-refractivity contribution in [3.63, 3.8) is 0 Å². The van der Waals surface area contributed by atoms with Crippen LogP contribution in [0.25, 0.3) is 0 Å². The van der Waals surface area contributed by atoms with Gasteiger partial charge in [0.1, 0.15) is 6.04 Å². The van der Waals surface area contributed by atoms with Gasteiger partial charge in [0.15, 0.2) is 11.5 Å². The van der Waals surface area contributed by atoms with Gasteiger partial charge < -0.3 is 25.0 Å². The van der Waals surface area contributed by atoms with Crippen LogP contribution in [0.3, 0.4) is 0 Å². The number of amides is 3. The van der Waals surface area contributed by atoms with E-state index in [1.165, 1.54) is 18.9 Å². The smallest absolute Gasteiger partial charge is 0.251 e. The Hall–Kier alpha value is -3.55. The number of carbonyl (C=O) groups is 3. The van der Waals surface area contributed by atoms with Crippen molar-refractivity contribution in [3.8, 4) is 11.5 Å². The average Bonchev–Trinajstić information content (AvgIpc) is 3.14. The van der Waals surface area contributed by atoms with Crippen LogP contribution in [0.2, 0.25) is 0 Å². The highest BCUT2D eigenvalue weighted by Gasteiger charge is 2.29. The highest BCUT2D eigenvalue weighted by Crippen LogP contribution is 2.34. The van der Waals surface area contributed by atoms with E-state index >= 15 is 0 Å². The minimum atomic E-state index is -0.868. The number of nitrogens with one attached hydrogen (secondary N) is 2. The third-order valence-electron chi connectivity index (χ3n) is 4.27. The lowest BCUT2D eigenvalue weighted by molar-refractivity contribution is -0.137. The van der Waals surface area contributed by atoms with Crippen molar-refractivity contribution in [3.05, 3.63) is 54.1 Å². The molecule has 2 N–H and O–H groups in total. The molecule has 0 saturated heterocycles. The van der Waals surface area contributed by atoms with Gasteiger partial charge in [-0.05, 0) is 17.7 Å². The summed E-state index contributed by atoms with van der Waals surface area (Å²) in [5.41, 5.74) is 1.18. The second-order valence-corrected chi connectivity index (χ2v) is 6.28. The molecule has 1 atom stereocenters. The van der Waals surface area contributed by atoms with Crippen LogP contribution < -0.4 is 20.1 Å². The number of likely N-dealkylation sites (N-methyl/N-ethyl adjacent to an activating group) is 1. The predicted octanol–water partition coefficient (Wildman–Crippen LogP) is 1.69. The Balaban J connectivity index is 1.81. The molecule has 8 heteroatoms. The first-order chi connectivity index (χ1) is 13.5. The van der Waals surface area contributed by atoms with Gasteiger partial charge in [-0.3, -0.25) is 14.4 Å². The fourth-order valence-electron chi connectivity index (χ4n) is 2.84. The lowest BCUT2D eigenvalue weighted by Gasteiger charge is -2.28. The Bertz CT molecular complexity index is 885. The van der Waals surface area contributed by atoms with E-state index < -0.39 is 6.04 Å². The molecule has 0 fully saturated rings. The highest BCUT2D eigenvalue weighted by molar-refractivity contribution is 5.98. The number of hydrogen-bond donors (Lipinski definition) is 2. The number of anilines is 1. The Morgan fingerprint density at radius 2 is 1.79 bits per heavy atom. The van der Waals surface area contributed by atoms with Gasteiger partial charge in [-0.2, -0.15) is 0 Å². The summed E-state index contributed by atoms with van der Waals surface area (Å²) in [5, 5.41) is 5.27. The van der Waals surface area contributed by atoms with Crippen LogP contribution in [0, 0.1) is 0 Å². The molecule has 1 aliphatic rings. The van der Waals surface area contributed by atoms with Gasteiger partial charge in [0.25, 0.3) is 5.91 Å². The van der Waals surface area contributed by atoms with E-state index in [1.54, 1.807) is 42.5 Å². The fraction of sp³-hybridized carbons (Fsp3) is 0.250. The average molecular weight is 383 g/mol. The molecule has 1 unspecified atom stereocenters. The van der Waals surface area contributed by atoms with Crippen LogP contribution in [0.1, 0.15) is 18.5 Å². The van der Waals surface area contributed by atoms with E-state index in [2.05, 4.69) is 10.6 Å². The van der Waals surface area contributed by atoms with Gasteiger partial charge in [0.05, 0.1) is 6.54 Å². The van der Waals surface area contributed by atoms with E-state index in [9.17, 15) is 14.4 Å². The Kier molecular flexibility index (Phi) is 5.78. The Morgan fingerprint density at radius 1 is 1.07 bits per heavy atom. The lowest BCUT2D eigenvalue weighted by Crippen LogP contribution is -2.43. The van der Waals surface area contributed by atoms with Crippen LogP contribution in [-0.4, -0.2) is 43.0 Å². The zero-order chi connectivity index (χ0) is 20.1. The molecule has 0 saturated carbocycles. The summed E-state index contributed by atoms with van der Waals surface area (Å²) in [5.74, 6) is 0.0702. The Morgan fingerprint density at radius 3 is 2.50 bits per heavy atom. The zero-order valence-corrected chi connectivity index (χ0v) is 15.6. The molecule has 1 heterocycles. The van der Waals surface area contributed by atoms with E-state index in [4.69, 9.17) is 9.47 Å². The second kappa shape index (κ2) is 8.43. The molecule has 0 aromatic heterocycles. The summed E-state index contributed by atoms with van der Waals surface area (Å²) in [6.07, 6.45) is 0. The van der Waals surface area contributed by atoms with Gasteiger partial charge in [-0.15, -0.1) is 0 Å². The summed E-state index contributed by atoms with van der Waals surface area (Å²) in [6.45, 7) is 1.28. The quantitative estimate of drug-likeness (QED) is 0.791. The maximum absolute atomic E-state index is 13.0. The molecule has 28 heavy (non-hydrogen) atoms. The summed E-state index contributed by atoms with van der Waals surface area (Å²) in [4.78, 5) is 37.9. The van der Waals surface area contributed by atoms with Crippen molar-refractivity contribution >= 4 is 23.4 Å². The van der Waals surface area contributed by atoms with Crippen LogP contribution in [-0.2, 0) is 14.4 Å². The monoisotopic (exact) mass is 383 g/mol. The minimum absolute atomic E-state index is 0.139. The van der Waals surface area contributed by atoms with Crippen molar-refractivity contribution < 1.29 is 23.9 Å². The van der Waals surface area contributed by atoms with Gasteiger partial charge in [-0.25, -0.2) is 0 Å². The number of benzene rings is 2. The largest absolute Gasteiger partial charge is 0.454 e. The molecule has 0 aliphatic carbocycles. The van der Waals surface area contributed by atoms with Gasteiger partial charge in [0, 0.05) is 25.7 Å². The molecule has 2 aromatic rings. The summed E-state index contributed by atoms with van der Waals surface area (Å²) < 4.78 is 10.6. The van der Waals surface area contributed by atoms with Crippen LogP contribution in [0.5, 0.6) is 11.5 Å². The molecular weight excluding hydrogens is 362 g/mol. The Labute approximate surface area is 162 Å². The molecular formula is C20H21N3O5. The molecule has 8 nitrogen and oxygen atoms in total. The van der Waals surface area contributed by atoms with Crippen molar-refractivity contribution in [2.75, 3.05) is 25.7 Å². The molecule has 146 valence electrons. The molecule has 0 spiro atoms. The van der Waals surface area contributed by atoms with Crippen LogP contribution in [0.4, 0.5) is 5.69 Å². The van der Waals surface area contributed by atoms with Crippen LogP contribution in [0.15, 0.2) is 48.5 Å². The number of carbonyl (C=O) groups excluding carboxylic acids is 3. The summed E-state index contributed by atoms with van der Waals surface area (Å²) >= 11 is 0. The molecule has 3 rings (SSSR count). The van der Waals surface area contributed by atoms with Crippen molar-refractivity contribution in [1.82, 2.24) is 10.2 Å². The number of rotatable bonds is 6. The lowest BCUT2D eigenvalue weighted by atomic mass is 10.0. The predicted molar refractivity (Wildman–Crippen MR) is 102 cm³/mol. The SMILES string of the molecule is CC(=O)NCC(=O)N(C)C(C(=O)Nc1ccc2c(c1)OCO2)c1ccccc1. The first-order valence-corrected chi connectivity index (χ1v) is 8.71. The van der Waals surface area contributed by atoms with Crippen molar-refractivity contribution in [2.45, 2.75) is 13.0 Å². The standard InChI is InChI=1S/C20H21N3O5/c1-13(24)21-11-18(25)23(2)19(14-6-4-3-5-7-14)20(26)22-15-8-9-16-17(10-15)28-12-27-16/h3-10,19H,11-12H2,1-2H3,(H,21,24)(H,22,26). The molecule has 0 radical (unpaired) electrons. The number of fused-ring (bicyclic) bond motifs is 1. The second-order valence-electron chi connectivity index (χ2n) is 6.28. The molecule has 0 bridgehead atoms. The van der Waals surface area contributed by atoms with E-state index in [0.717, 1.165) is 0 Å². The van der Waals surface area contributed by atoms with E-state index in [1.807, 2.05) is 6.07 Å². The molecule has 2 aromatic carbocycles. The normalized spacial score (nSPS) is 12.8. The summed E-state index contributed by atoms with van der Waals surface area (Å²) in [6, 6.07) is 13.2. The minimum Gasteiger partial charge on any atom is -0.454 e. The van der Waals surface area contributed by atoms with E-state index in [0.29, 0.717) is 22.7 Å². The number of ether oxygens (including phenoxy) is 2. The topological polar surface area (TPSA) is 97.0 Å². The number of nitrogens with zero attached hydrogens (tertiary/aromatic N) is 1. The molecule has 1 aliphatic heterocycles. The third-order valence-corrected chi connectivity index (χ3v) is 4.27. The first-order valence-electron chi connectivity index (χ1n) is 8.71. The van der Waals surface area contributed by atoms with Crippen molar-refractivity contribution in [1.29, 1.82) is 0 Å². The maximum atomic E-state index is 13.0. The highest BCUT2D eigenvalue weighted by atomic mass is 16.7. The fourth-order valence-corrected chi connectivity index (χ4v) is 2.84. The maximum Gasteiger partial charge on any atom is 0.251 e. The summed E-state index contributed by atoms with van der Waals surface area (Å²) in [7, 11) is 1.53. The van der Waals surface area contributed by atoms with Gasteiger partial charge in [-0.1, -0.05) is 30.3 Å². The van der Waals surface area contributed by atoms with Gasteiger partial charge >= 0.3 is 0 Å². The number of hydrogen-bond acceptors (Lipinski definition) is 5. The third kappa shape index (κ3) is 4.40. The first kappa shape index (κ1) is 19.2. The van der Waals surface area contributed by atoms with Gasteiger partial charge in [0.2, 0.25) is 18.6 Å². The van der Waals surface area contributed by atoms with E-state index in [-0.39, 0.29) is 31.1 Å². The van der Waals surface area contributed by atoms with Crippen molar-refractivity contribution in [2.24, 2.45) is 0 Å². The molecule has 3 amide bonds. The van der Waals surface area contributed by atoms with Crippen LogP contribution >= 0.6 is 0 Å². The zero-order valence-electron chi connectivity index (χ0n) is 15.6.